The fraction of sp³-hybridized carbons (Fsp3) is 0.0667. The van der Waals surface area contributed by atoms with Gasteiger partial charge in [-0.3, -0.25) is 0 Å². The number of carboxylic acid groups (broad SMARTS) is 1. The van der Waals surface area contributed by atoms with Crippen LogP contribution in [0.2, 0.25) is 0 Å². The molecular formula is C15H12N2O3. The van der Waals surface area contributed by atoms with Crippen LogP contribution in [0, 0.1) is 0 Å². The van der Waals surface area contributed by atoms with E-state index < -0.39 is 5.97 Å². The van der Waals surface area contributed by atoms with Crippen LogP contribution in [0.1, 0.15) is 10.4 Å². The molecule has 100 valence electrons. The van der Waals surface area contributed by atoms with Crippen molar-refractivity contribution in [2.45, 2.75) is 0 Å². The summed E-state index contributed by atoms with van der Waals surface area (Å²) in [7, 11) is 1.57. The minimum absolute atomic E-state index is 0.186. The number of carboxylic acids is 1. The maximum Gasteiger partial charge on any atom is 0.337 e. The molecule has 2 heterocycles. The molecule has 0 aliphatic carbocycles. The van der Waals surface area contributed by atoms with E-state index in [0.29, 0.717) is 11.3 Å². The van der Waals surface area contributed by atoms with Crippen molar-refractivity contribution in [3.8, 4) is 16.9 Å². The zero-order valence-electron chi connectivity index (χ0n) is 10.8. The van der Waals surface area contributed by atoms with E-state index in [9.17, 15) is 9.90 Å². The van der Waals surface area contributed by atoms with E-state index in [1.165, 1.54) is 6.20 Å². The van der Waals surface area contributed by atoms with E-state index in [0.717, 1.165) is 11.1 Å². The Labute approximate surface area is 115 Å². The second-order valence-corrected chi connectivity index (χ2v) is 4.31. The Kier molecular flexibility index (Phi) is 2.87. The first kappa shape index (κ1) is 12.2. The molecule has 0 aliphatic rings. The topological polar surface area (TPSA) is 63.8 Å². The molecule has 0 amide bonds. The maximum atomic E-state index is 11.5. The average molecular weight is 268 g/mol. The minimum atomic E-state index is -0.997. The van der Waals surface area contributed by atoms with Gasteiger partial charge in [0.1, 0.15) is 5.75 Å². The number of methoxy groups -OCH3 is 1. The summed E-state index contributed by atoms with van der Waals surface area (Å²) < 4.78 is 6.86. The van der Waals surface area contributed by atoms with Crippen molar-refractivity contribution < 1.29 is 14.6 Å². The molecule has 0 saturated carbocycles. The lowest BCUT2D eigenvalue weighted by molar-refractivity contribution is 0.0697. The Balaban J connectivity index is 2.33. The lowest BCUT2D eigenvalue weighted by Crippen LogP contribution is -2.03. The van der Waals surface area contributed by atoms with E-state index in [4.69, 9.17) is 4.74 Å². The number of para-hydroxylation sites is 1. The van der Waals surface area contributed by atoms with Crippen LogP contribution in [-0.2, 0) is 0 Å². The highest BCUT2D eigenvalue weighted by molar-refractivity contribution is 5.97. The molecule has 0 spiro atoms. The molecule has 0 radical (unpaired) electrons. The number of pyridine rings is 1. The average Bonchev–Trinajstić information content (AvgIpc) is 2.93. The van der Waals surface area contributed by atoms with Crippen molar-refractivity contribution in [2.75, 3.05) is 7.11 Å². The molecule has 5 nitrogen and oxygen atoms in total. The summed E-state index contributed by atoms with van der Waals surface area (Å²) in [5.41, 5.74) is 2.38. The highest BCUT2D eigenvalue weighted by Gasteiger charge is 2.16. The molecule has 20 heavy (non-hydrogen) atoms. The highest BCUT2D eigenvalue weighted by atomic mass is 16.5. The van der Waals surface area contributed by atoms with Crippen molar-refractivity contribution in [3.63, 3.8) is 0 Å². The van der Waals surface area contributed by atoms with E-state index in [2.05, 4.69) is 5.10 Å². The van der Waals surface area contributed by atoms with Crippen LogP contribution in [0.25, 0.3) is 16.6 Å². The van der Waals surface area contributed by atoms with Crippen molar-refractivity contribution in [2.24, 2.45) is 0 Å². The number of carbonyl (C=O) groups is 1. The molecule has 0 fully saturated rings. The van der Waals surface area contributed by atoms with Crippen molar-refractivity contribution in [1.82, 2.24) is 9.61 Å². The first-order valence-electron chi connectivity index (χ1n) is 6.05. The van der Waals surface area contributed by atoms with Gasteiger partial charge in [-0.1, -0.05) is 18.2 Å². The lowest BCUT2D eigenvalue weighted by atomic mass is 10.00. The molecule has 0 aliphatic heterocycles. The first-order valence-corrected chi connectivity index (χ1v) is 6.05. The van der Waals surface area contributed by atoms with Crippen LogP contribution in [0.3, 0.4) is 0 Å². The Morgan fingerprint density at radius 3 is 2.80 bits per heavy atom. The van der Waals surface area contributed by atoms with Crippen LogP contribution in [0.5, 0.6) is 5.75 Å². The number of hydrogen-bond acceptors (Lipinski definition) is 3. The zero-order valence-corrected chi connectivity index (χ0v) is 10.8. The van der Waals surface area contributed by atoms with Gasteiger partial charge in [-0.25, -0.2) is 9.31 Å². The lowest BCUT2D eigenvalue weighted by Gasteiger charge is -2.11. The molecule has 0 unspecified atom stereocenters. The van der Waals surface area contributed by atoms with E-state index in [1.54, 1.807) is 23.9 Å². The summed E-state index contributed by atoms with van der Waals surface area (Å²) in [4.78, 5) is 11.5. The number of benzene rings is 1. The normalized spacial score (nSPS) is 10.7. The molecule has 0 bridgehead atoms. The molecular weight excluding hydrogens is 256 g/mol. The highest BCUT2D eigenvalue weighted by Crippen LogP contribution is 2.33. The van der Waals surface area contributed by atoms with Crippen LogP contribution in [0.15, 0.2) is 48.8 Å². The molecule has 1 N–H and O–H groups in total. The van der Waals surface area contributed by atoms with E-state index in [1.807, 2.05) is 30.3 Å². The minimum Gasteiger partial charge on any atom is -0.496 e. The monoisotopic (exact) mass is 268 g/mol. The number of hydrogen-bond donors (Lipinski definition) is 1. The van der Waals surface area contributed by atoms with Crippen LogP contribution >= 0.6 is 0 Å². The summed E-state index contributed by atoms with van der Waals surface area (Å²) in [5.74, 6) is -0.359. The standard InChI is InChI=1S/C15H12N2O3/c1-20-14-5-3-2-4-11(14)12-8-10-6-7-16-17(10)9-13(12)15(18)19/h2-9H,1H3,(H,18,19). The number of aromatic nitrogens is 2. The third kappa shape index (κ3) is 1.89. The van der Waals surface area contributed by atoms with Crippen molar-refractivity contribution in [3.05, 3.63) is 54.4 Å². The SMILES string of the molecule is COc1ccccc1-c1cc2ccnn2cc1C(=O)O. The third-order valence-corrected chi connectivity index (χ3v) is 3.16. The van der Waals surface area contributed by atoms with Gasteiger partial charge in [0.25, 0.3) is 0 Å². The van der Waals surface area contributed by atoms with Gasteiger partial charge in [0.05, 0.1) is 18.2 Å². The summed E-state index contributed by atoms with van der Waals surface area (Å²) in [6.45, 7) is 0. The quantitative estimate of drug-likeness (QED) is 0.793. The van der Waals surface area contributed by atoms with Gasteiger partial charge in [0.2, 0.25) is 0 Å². The molecule has 5 heteroatoms. The maximum absolute atomic E-state index is 11.5. The number of ether oxygens (including phenoxy) is 1. The predicted octanol–water partition coefficient (Wildman–Crippen LogP) is 2.71. The summed E-state index contributed by atoms with van der Waals surface area (Å²) in [6.07, 6.45) is 3.15. The van der Waals surface area contributed by atoms with Crippen LogP contribution in [-0.4, -0.2) is 27.8 Å². The second kappa shape index (κ2) is 4.70. The van der Waals surface area contributed by atoms with Crippen LogP contribution in [0.4, 0.5) is 0 Å². The Morgan fingerprint density at radius 2 is 2.05 bits per heavy atom. The Hall–Kier alpha value is -2.82. The Bertz CT molecular complexity index is 793. The fourth-order valence-corrected chi connectivity index (χ4v) is 2.22. The van der Waals surface area contributed by atoms with Gasteiger partial charge in [-0.2, -0.15) is 5.10 Å². The first-order chi connectivity index (χ1) is 9.70. The molecule has 3 rings (SSSR count). The van der Waals surface area contributed by atoms with Gasteiger partial charge < -0.3 is 9.84 Å². The summed E-state index contributed by atoms with van der Waals surface area (Å²) in [5, 5.41) is 13.5. The summed E-state index contributed by atoms with van der Waals surface area (Å²) in [6, 6.07) is 11.0. The van der Waals surface area contributed by atoms with Crippen LogP contribution < -0.4 is 4.74 Å². The van der Waals surface area contributed by atoms with Gasteiger partial charge >= 0.3 is 5.97 Å². The number of aromatic carboxylic acids is 1. The molecule has 0 saturated heterocycles. The molecule has 3 aromatic rings. The fourth-order valence-electron chi connectivity index (χ4n) is 2.22. The predicted molar refractivity (Wildman–Crippen MR) is 74.1 cm³/mol. The van der Waals surface area contributed by atoms with Gasteiger partial charge in [-0.15, -0.1) is 0 Å². The summed E-state index contributed by atoms with van der Waals surface area (Å²) >= 11 is 0. The Morgan fingerprint density at radius 1 is 1.25 bits per heavy atom. The molecule has 0 atom stereocenters. The number of nitrogens with zero attached hydrogens (tertiary/aromatic N) is 2. The molecule has 1 aromatic carbocycles. The number of fused-ring (bicyclic) bond motifs is 1. The molecule has 2 aromatic heterocycles. The van der Waals surface area contributed by atoms with Gasteiger partial charge in [0.15, 0.2) is 0 Å². The second-order valence-electron chi connectivity index (χ2n) is 4.31. The van der Waals surface area contributed by atoms with Gasteiger partial charge in [0, 0.05) is 23.5 Å². The third-order valence-electron chi connectivity index (χ3n) is 3.16. The smallest absolute Gasteiger partial charge is 0.337 e. The number of rotatable bonds is 3. The van der Waals surface area contributed by atoms with Crippen molar-refractivity contribution in [1.29, 1.82) is 0 Å². The van der Waals surface area contributed by atoms with E-state index in [-0.39, 0.29) is 5.56 Å². The van der Waals surface area contributed by atoms with Gasteiger partial charge in [-0.05, 0) is 18.2 Å². The largest absolute Gasteiger partial charge is 0.496 e. The van der Waals surface area contributed by atoms with Crippen molar-refractivity contribution >= 4 is 11.5 Å². The van der Waals surface area contributed by atoms with E-state index >= 15 is 0 Å². The zero-order chi connectivity index (χ0) is 14.1.